The molecule has 0 saturated carbocycles. The summed E-state index contributed by atoms with van der Waals surface area (Å²) >= 11 is 6.28. The largest absolute Gasteiger partial charge is 0.393 e. The predicted octanol–water partition coefficient (Wildman–Crippen LogP) is 5.68. The number of hydrogen-bond acceptors (Lipinski definition) is 6. The smallest absolute Gasteiger partial charge is 0.159 e. The van der Waals surface area contributed by atoms with Crippen LogP contribution in [0.2, 0.25) is 5.02 Å². The number of nitrogens with one attached hydrogen (secondary N) is 1. The van der Waals surface area contributed by atoms with Crippen LogP contribution in [0.15, 0.2) is 85.2 Å². The quantitative estimate of drug-likeness (QED) is 0.367. The van der Waals surface area contributed by atoms with Crippen molar-refractivity contribution in [3.63, 3.8) is 0 Å². The molecule has 1 aromatic heterocycles. The van der Waals surface area contributed by atoms with E-state index in [9.17, 15) is 0 Å². The highest BCUT2D eigenvalue weighted by molar-refractivity contribution is 6.31. The van der Waals surface area contributed by atoms with Crippen LogP contribution in [0.4, 0.5) is 23.0 Å². The van der Waals surface area contributed by atoms with E-state index in [-0.39, 0.29) is 6.04 Å². The third-order valence-electron chi connectivity index (χ3n) is 6.51. The second kappa shape index (κ2) is 10.3. The van der Waals surface area contributed by atoms with E-state index in [2.05, 4.69) is 85.7 Å². The molecule has 0 spiro atoms. The molecule has 0 atom stereocenters. The van der Waals surface area contributed by atoms with E-state index >= 15 is 0 Å². The number of aryl methyl sites for hydroxylation is 1. The van der Waals surface area contributed by atoms with E-state index in [4.69, 9.17) is 17.3 Å². The van der Waals surface area contributed by atoms with Crippen molar-refractivity contribution in [2.24, 2.45) is 0 Å². The molecule has 35 heavy (non-hydrogen) atoms. The molecular formula is C28H29ClN6. The van der Waals surface area contributed by atoms with Gasteiger partial charge in [0.05, 0.1) is 6.04 Å². The summed E-state index contributed by atoms with van der Waals surface area (Å²) in [5, 5.41) is 3.99. The van der Waals surface area contributed by atoms with Gasteiger partial charge < -0.3 is 16.0 Å². The van der Waals surface area contributed by atoms with Gasteiger partial charge in [0, 0.05) is 36.9 Å². The van der Waals surface area contributed by atoms with Gasteiger partial charge in [0.2, 0.25) is 0 Å². The Morgan fingerprint density at radius 3 is 2.09 bits per heavy atom. The molecule has 3 N–H and O–H groups in total. The lowest BCUT2D eigenvalue weighted by Crippen LogP contribution is -2.48. The summed E-state index contributed by atoms with van der Waals surface area (Å²) in [5.74, 6) is 1.35. The van der Waals surface area contributed by atoms with Crippen molar-refractivity contribution in [3.8, 4) is 0 Å². The summed E-state index contributed by atoms with van der Waals surface area (Å²) in [4.78, 5) is 13.7. The van der Waals surface area contributed by atoms with E-state index in [1.807, 2.05) is 25.1 Å². The van der Waals surface area contributed by atoms with E-state index in [1.54, 1.807) is 6.33 Å². The van der Waals surface area contributed by atoms with Gasteiger partial charge >= 0.3 is 0 Å². The van der Waals surface area contributed by atoms with Crippen molar-refractivity contribution in [3.05, 3.63) is 107 Å². The van der Waals surface area contributed by atoms with Crippen LogP contribution >= 0.6 is 11.6 Å². The highest BCUT2D eigenvalue weighted by Gasteiger charge is 2.28. The van der Waals surface area contributed by atoms with Crippen molar-refractivity contribution in [2.75, 3.05) is 42.1 Å². The maximum absolute atomic E-state index is 6.53. The van der Waals surface area contributed by atoms with Gasteiger partial charge in [-0.1, -0.05) is 78.3 Å². The summed E-state index contributed by atoms with van der Waals surface area (Å²) in [5.41, 5.74) is 11.5. The molecule has 4 aromatic rings. The average Bonchev–Trinajstić information content (AvgIpc) is 2.89. The number of nitrogen functional groups attached to an aromatic ring is 1. The predicted molar refractivity (Wildman–Crippen MR) is 144 cm³/mol. The highest BCUT2D eigenvalue weighted by Crippen LogP contribution is 2.33. The summed E-state index contributed by atoms with van der Waals surface area (Å²) in [6.45, 7) is 5.42. The lowest BCUT2D eigenvalue weighted by atomic mass is 9.96. The maximum Gasteiger partial charge on any atom is 0.159 e. The fourth-order valence-electron chi connectivity index (χ4n) is 4.62. The Morgan fingerprint density at radius 1 is 0.857 bits per heavy atom. The lowest BCUT2D eigenvalue weighted by Gasteiger charge is -2.40. The molecule has 3 aromatic carbocycles. The molecule has 2 heterocycles. The Kier molecular flexibility index (Phi) is 6.84. The normalized spacial score (nSPS) is 14.3. The van der Waals surface area contributed by atoms with Crippen molar-refractivity contribution < 1.29 is 0 Å². The Bertz CT molecular complexity index is 1230. The molecule has 0 radical (unpaired) electrons. The second-order valence-electron chi connectivity index (χ2n) is 8.80. The molecule has 5 rings (SSSR count). The van der Waals surface area contributed by atoms with Crippen LogP contribution in [-0.2, 0) is 0 Å². The fraction of sp³-hybridized carbons (Fsp3) is 0.214. The third-order valence-corrected chi connectivity index (χ3v) is 6.91. The van der Waals surface area contributed by atoms with Crippen molar-refractivity contribution in [2.45, 2.75) is 13.0 Å². The van der Waals surface area contributed by atoms with Crippen LogP contribution in [0.1, 0.15) is 22.7 Å². The van der Waals surface area contributed by atoms with Crippen LogP contribution in [0, 0.1) is 6.92 Å². The second-order valence-corrected chi connectivity index (χ2v) is 9.20. The van der Waals surface area contributed by atoms with E-state index in [0.29, 0.717) is 16.5 Å². The number of aromatic nitrogens is 2. The molecule has 0 bridgehead atoms. The molecule has 0 aliphatic carbocycles. The Labute approximate surface area is 211 Å². The SMILES string of the molecule is Cc1ccc(Nc2ncnc(N3CCN(C(c4ccccc4)c4ccccc4)CC3)c2N)cc1Cl. The zero-order valence-corrected chi connectivity index (χ0v) is 20.5. The van der Waals surface area contributed by atoms with Gasteiger partial charge in [0.25, 0.3) is 0 Å². The average molecular weight is 485 g/mol. The monoisotopic (exact) mass is 484 g/mol. The number of anilines is 4. The van der Waals surface area contributed by atoms with Crippen molar-refractivity contribution in [1.29, 1.82) is 0 Å². The highest BCUT2D eigenvalue weighted by atomic mass is 35.5. The van der Waals surface area contributed by atoms with Gasteiger partial charge in [-0.05, 0) is 35.7 Å². The molecule has 1 saturated heterocycles. The molecule has 6 nitrogen and oxygen atoms in total. The van der Waals surface area contributed by atoms with Crippen molar-refractivity contribution in [1.82, 2.24) is 14.9 Å². The Hall–Kier alpha value is -3.61. The number of piperazine rings is 1. The summed E-state index contributed by atoms with van der Waals surface area (Å²) in [6.07, 6.45) is 1.56. The molecule has 0 unspecified atom stereocenters. The minimum absolute atomic E-state index is 0.214. The van der Waals surface area contributed by atoms with Gasteiger partial charge in [-0.3, -0.25) is 4.90 Å². The molecule has 1 aliphatic heterocycles. The molecule has 7 heteroatoms. The standard InChI is InChI=1S/C28H29ClN6/c1-20-12-13-23(18-24(20)29)33-27-25(30)28(32-19-31-27)35-16-14-34(15-17-35)26(21-8-4-2-5-9-21)22-10-6-3-7-11-22/h2-13,18-19,26H,14-17,30H2,1H3,(H,31,32,33). The molecule has 178 valence electrons. The maximum atomic E-state index is 6.53. The van der Waals surface area contributed by atoms with Crippen LogP contribution in [0.3, 0.4) is 0 Å². The molecular weight excluding hydrogens is 456 g/mol. The van der Waals surface area contributed by atoms with Crippen molar-refractivity contribution >= 4 is 34.6 Å². The Morgan fingerprint density at radius 2 is 1.49 bits per heavy atom. The summed E-state index contributed by atoms with van der Waals surface area (Å²) in [6, 6.07) is 27.4. The van der Waals surface area contributed by atoms with Gasteiger partial charge in [-0.2, -0.15) is 0 Å². The number of halogens is 1. The first-order chi connectivity index (χ1) is 17.1. The van der Waals surface area contributed by atoms with Gasteiger partial charge in [0.15, 0.2) is 11.6 Å². The van der Waals surface area contributed by atoms with E-state index in [0.717, 1.165) is 43.2 Å². The van der Waals surface area contributed by atoms with Crippen LogP contribution < -0.4 is 16.0 Å². The minimum atomic E-state index is 0.214. The van der Waals surface area contributed by atoms with Gasteiger partial charge in [0.1, 0.15) is 12.0 Å². The number of rotatable bonds is 6. The lowest BCUT2D eigenvalue weighted by molar-refractivity contribution is 0.212. The number of hydrogen-bond donors (Lipinski definition) is 2. The summed E-state index contributed by atoms with van der Waals surface area (Å²) < 4.78 is 0. The van der Waals surface area contributed by atoms with Crippen LogP contribution in [0.5, 0.6) is 0 Å². The zero-order valence-electron chi connectivity index (χ0n) is 19.7. The van der Waals surface area contributed by atoms with Gasteiger partial charge in [-0.15, -0.1) is 0 Å². The molecule has 1 aliphatic rings. The first-order valence-corrected chi connectivity index (χ1v) is 12.2. The summed E-state index contributed by atoms with van der Waals surface area (Å²) in [7, 11) is 0. The third kappa shape index (κ3) is 5.09. The first-order valence-electron chi connectivity index (χ1n) is 11.8. The van der Waals surface area contributed by atoms with E-state index in [1.165, 1.54) is 11.1 Å². The van der Waals surface area contributed by atoms with Crippen LogP contribution in [-0.4, -0.2) is 41.0 Å². The number of nitrogens with zero attached hydrogens (tertiary/aromatic N) is 4. The fourth-order valence-corrected chi connectivity index (χ4v) is 4.80. The number of benzene rings is 3. The molecule has 1 fully saturated rings. The molecule has 0 amide bonds. The van der Waals surface area contributed by atoms with Gasteiger partial charge in [-0.25, -0.2) is 9.97 Å². The first kappa shape index (κ1) is 23.1. The van der Waals surface area contributed by atoms with Crippen LogP contribution in [0.25, 0.3) is 0 Å². The number of nitrogens with two attached hydrogens (primary N) is 1. The van der Waals surface area contributed by atoms with E-state index < -0.39 is 0 Å². The zero-order chi connectivity index (χ0) is 24.2. The minimum Gasteiger partial charge on any atom is -0.393 e. The Balaban J connectivity index is 1.33. The topological polar surface area (TPSA) is 70.3 Å².